The van der Waals surface area contributed by atoms with E-state index in [4.69, 9.17) is 26.2 Å². The highest BCUT2D eigenvalue weighted by Crippen LogP contribution is 2.28. The first-order valence-corrected chi connectivity index (χ1v) is 9.69. The molecule has 158 valence electrons. The number of carbonyl (C=O) groups excluding carboxylic acids is 2. The number of ketones is 1. The van der Waals surface area contributed by atoms with Crippen molar-refractivity contribution in [3.05, 3.63) is 34.6 Å². The summed E-state index contributed by atoms with van der Waals surface area (Å²) in [5, 5.41) is 11.2. The van der Waals surface area contributed by atoms with Crippen LogP contribution in [0, 0.1) is 5.82 Å². The molecule has 0 aliphatic heterocycles. The standard InChI is InChI=1S/C17H15ClFN5O5S/c1-7(28-14-10(19)3-11-15(24-14)30-16(18)23-11)8(2)29-17(27)22-9-4-20-13(21-5-9)12(26)6-25/h3-5,7-8,25H,6H2,1-2H3,(H,22,27)/t7-,8+/m0/s1. The molecule has 0 unspecified atom stereocenters. The number of hydrogen-bond acceptors (Lipinski definition) is 10. The Balaban J connectivity index is 1.58. The number of anilines is 1. The Morgan fingerprint density at radius 1 is 1.27 bits per heavy atom. The van der Waals surface area contributed by atoms with E-state index in [1.165, 1.54) is 12.4 Å². The van der Waals surface area contributed by atoms with Crippen molar-refractivity contribution in [1.29, 1.82) is 0 Å². The minimum Gasteiger partial charge on any atom is -0.469 e. The Morgan fingerprint density at radius 3 is 2.63 bits per heavy atom. The third kappa shape index (κ3) is 5.14. The fourth-order valence-electron chi connectivity index (χ4n) is 2.17. The molecule has 0 aromatic carbocycles. The lowest BCUT2D eigenvalue weighted by Crippen LogP contribution is -2.33. The molecule has 13 heteroatoms. The van der Waals surface area contributed by atoms with E-state index in [1.807, 2.05) is 0 Å². The Kier molecular flexibility index (Phi) is 6.70. The summed E-state index contributed by atoms with van der Waals surface area (Å²) in [5.74, 6) is -1.81. The molecule has 2 N–H and O–H groups in total. The number of amides is 1. The molecule has 10 nitrogen and oxygen atoms in total. The predicted octanol–water partition coefficient (Wildman–Crippen LogP) is 2.85. The van der Waals surface area contributed by atoms with Gasteiger partial charge >= 0.3 is 6.09 Å². The average Bonchev–Trinajstić information content (AvgIpc) is 3.06. The van der Waals surface area contributed by atoms with Gasteiger partial charge in [-0.15, -0.1) is 0 Å². The summed E-state index contributed by atoms with van der Waals surface area (Å²) in [6.45, 7) is 2.42. The number of rotatable bonds is 7. The lowest BCUT2D eigenvalue weighted by atomic mass is 10.2. The molecule has 1 amide bonds. The van der Waals surface area contributed by atoms with Crippen LogP contribution in [-0.2, 0) is 4.74 Å². The highest BCUT2D eigenvalue weighted by molar-refractivity contribution is 7.21. The van der Waals surface area contributed by atoms with Gasteiger partial charge in [0.25, 0.3) is 5.88 Å². The summed E-state index contributed by atoms with van der Waals surface area (Å²) in [5.41, 5.74) is 0.496. The second-order valence-electron chi connectivity index (χ2n) is 6.00. The highest BCUT2D eigenvalue weighted by Gasteiger charge is 2.22. The van der Waals surface area contributed by atoms with Crippen LogP contribution in [0.5, 0.6) is 5.88 Å². The second kappa shape index (κ2) is 9.24. The number of hydrogen-bond donors (Lipinski definition) is 2. The molecular weight excluding hydrogens is 441 g/mol. The second-order valence-corrected chi connectivity index (χ2v) is 7.56. The predicted molar refractivity (Wildman–Crippen MR) is 105 cm³/mol. The Labute approximate surface area is 178 Å². The molecule has 30 heavy (non-hydrogen) atoms. The minimum atomic E-state index is -0.832. The van der Waals surface area contributed by atoms with Gasteiger partial charge in [-0.1, -0.05) is 22.9 Å². The van der Waals surface area contributed by atoms with Gasteiger partial charge < -0.3 is 14.6 Å². The van der Waals surface area contributed by atoms with Gasteiger partial charge in [0, 0.05) is 6.07 Å². The molecule has 0 aliphatic rings. The zero-order valence-corrected chi connectivity index (χ0v) is 17.2. The van der Waals surface area contributed by atoms with Crippen molar-refractivity contribution in [1.82, 2.24) is 19.9 Å². The molecule has 0 saturated heterocycles. The smallest absolute Gasteiger partial charge is 0.412 e. The third-order valence-electron chi connectivity index (χ3n) is 3.82. The molecule has 0 spiro atoms. The van der Waals surface area contributed by atoms with Crippen LogP contribution in [0.4, 0.5) is 14.9 Å². The number of nitrogens with zero attached hydrogens (tertiary/aromatic N) is 4. The number of fused-ring (bicyclic) bond motifs is 1. The van der Waals surface area contributed by atoms with Crippen LogP contribution in [0.3, 0.4) is 0 Å². The van der Waals surface area contributed by atoms with E-state index in [9.17, 15) is 14.0 Å². The van der Waals surface area contributed by atoms with Crippen molar-refractivity contribution in [2.24, 2.45) is 0 Å². The van der Waals surface area contributed by atoms with Crippen LogP contribution >= 0.6 is 22.9 Å². The van der Waals surface area contributed by atoms with Crippen molar-refractivity contribution in [3.8, 4) is 5.88 Å². The van der Waals surface area contributed by atoms with Gasteiger partial charge in [0.05, 0.1) is 18.1 Å². The molecule has 3 rings (SSSR count). The van der Waals surface area contributed by atoms with Crippen molar-refractivity contribution in [2.45, 2.75) is 26.1 Å². The molecule has 0 fully saturated rings. The van der Waals surface area contributed by atoms with Gasteiger partial charge in [-0.2, -0.15) is 4.98 Å². The number of thiazole rings is 1. The number of aliphatic hydroxyl groups is 1. The quantitative estimate of drug-likeness (QED) is 0.515. The van der Waals surface area contributed by atoms with Gasteiger partial charge in [0.2, 0.25) is 5.78 Å². The van der Waals surface area contributed by atoms with Gasteiger partial charge in [-0.05, 0) is 13.8 Å². The van der Waals surface area contributed by atoms with Crippen LogP contribution in [-0.4, -0.2) is 55.7 Å². The summed E-state index contributed by atoms with van der Waals surface area (Å²) in [6.07, 6.45) is 0.0378. The Morgan fingerprint density at radius 2 is 1.97 bits per heavy atom. The molecule has 0 aliphatic carbocycles. The molecule has 0 bridgehead atoms. The van der Waals surface area contributed by atoms with Gasteiger partial charge in [-0.25, -0.2) is 24.1 Å². The number of aliphatic hydroxyl groups excluding tert-OH is 1. The van der Waals surface area contributed by atoms with E-state index in [-0.39, 0.29) is 21.9 Å². The summed E-state index contributed by atoms with van der Waals surface area (Å²) in [4.78, 5) is 39.2. The van der Waals surface area contributed by atoms with Crippen LogP contribution in [0.15, 0.2) is 18.5 Å². The third-order valence-corrected chi connectivity index (χ3v) is 4.89. The first kappa shape index (κ1) is 21.7. The average molecular weight is 456 g/mol. The molecule has 0 saturated carbocycles. The van der Waals surface area contributed by atoms with Crippen LogP contribution in [0.25, 0.3) is 10.3 Å². The summed E-state index contributed by atoms with van der Waals surface area (Å²) in [7, 11) is 0. The Hall–Kier alpha value is -2.96. The first-order chi connectivity index (χ1) is 14.3. The lowest BCUT2D eigenvalue weighted by molar-refractivity contribution is 0.0379. The number of nitrogens with one attached hydrogen (secondary N) is 1. The van der Waals surface area contributed by atoms with E-state index in [2.05, 4.69) is 25.3 Å². The number of pyridine rings is 1. The number of aromatic nitrogens is 4. The maximum Gasteiger partial charge on any atom is 0.412 e. The molecule has 3 heterocycles. The van der Waals surface area contributed by atoms with E-state index in [0.29, 0.717) is 10.3 Å². The minimum absolute atomic E-state index is 0.176. The van der Waals surface area contributed by atoms with Crippen molar-refractivity contribution >= 4 is 50.8 Å². The number of halogens is 2. The summed E-state index contributed by atoms with van der Waals surface area (Å²) in [6, 6.07) is 1.16. The summed E-state index contributed by atoms with van der Waals surface area (Å²) >= 11 is 6.88. The van der Waals surface area contributed by atoms with E-state index < -0.39 is 36.5 Å². The van der Waals surface area contributed by atoms with Crippen LogP contribution < -0.4 is 10.1 Å². The van der Waals surface area contributed by atoms with Gasteiger partial charge in [-0.3, -0.25) is 10.1 Å². The van der Waals surface area contributed by atoms with E-state index in [1.54, 1.807) is 13.8 Å². The largest absolute Gasteiger partial charge is 0.469 e. The summed E-state index contributed by atoms with van der Waals surface area (Å²) < 4.78 is 25.1. The molecule has 2 atom stereocenters. The Bertz CT molecular complexity index is 1080. The SMILES string of the molecule is C[C@H](Oc1nc2sc(Cl)nc2cc1F)[C@@H](C)OC(=O)Nc1cnc(C(=O)CO)nc1. The molecule has 0 radical (unpaired) electrons. The number of carbonyl (C=O) groups is 2. The van der Waals surface area contributed by atoms with Crippen LogP contribution in [0.2, 0.25) is 4.47 Å². The van der Waals surface area contributed by atoms with E-state index >= 15 is 0 Å². The maximum absolute atomic E-state index is 14.2. The first-order valence-electron chi connectivity index (χ1n) is 8.49. The zero-order valence-electron chi connectivity index (χ0n) is 15.6. The van der Waals surface area contributed by atoms with Crippen LogP contribution in [0.1, 0.15) is 24.5 Å². The monoisotopic (exact) mass is 455 g/mol. The lowest BCUT2D eigenvalue weighted by Gasteiger charge is -2.21. The zero-order chi connectivity index (χ0) is 21.8. The maximum atomic E-state index is 14.2. The number of ether oxygens (including phenoxy) is 2. The van der Waals surface area contributed by atoms with E-state index in [0.717, 1.165) is 17.4 Å². The normalized spacial score (nSPS) is 13.0. The highest BCUT2D eigenvalue weighted by atomic mass is 35.5. The molecular formula is C17H15ClFN5O5S. The van der Waals surface area contributed by atoms with Gasteiger partial charge in [0.15, 0.2) is 16.1 Å². The van der Waals surface area contributed by atoms with Crippen molar-refractivity contribution in [3.63, 3.8) is 0 Å². The fraction of sp³-hybridized carbons (Fsp3) is 0.294. The topological polar surface area (TPSA) is 136 Å². The van der Waals surface area contributed by atoms with Crippen molar-refractivity contribution < 1.29 is 28.6 Å². The van der Waals surface area contributed by atoms with Crippen molar-refractivity contribution in [2.75, 3.05) is 11.9 Å². The molecule has 3 aromatic rings. The number of Topliss-reactive ketones (excluding diaryl/α,β-unsaturated/α-hetero) is 1. The van der Waals surface area contributed by atoms with Gasteiger partial charge in [0.1, 0.15) is 29.2 Å². The molecule has 3 aromatic heterocycles. The fourth-order valence-corrected chi connectivity index (χ4v) is 3.12.